The monoisotopic (exact) mass is 488 g/mol. The number of benzene rings is 3. The van der Waals surface area contributed by atoms with Crippen LogP contribution in [-0.4, -0.2) is 26.0 Å². The summed E-state index contributed by atoms with van der Waals surface area (Å²) in [6.45, 7) is 7.15. The van der Waals surface area contributed by atoms with Gasteiger partial charge in [0.15, 0.2) is 5.69 Å². The van der Waals surface area contributed by atoms with Crippen LogP contribution in [0.2, 0.25) is 0 Å². The molecule has 3 aromatic carbocycles. The Bertz CT molecular complexity index is 1570. The number of aromatic amines is 1. The number of aromatic nitrogens is 2. The summed E-state index contributed by atoms with van der Waals surface area (Å²) in [4.78, 5) is 24.2. The molecule has 3 N–H and O–H groups in total. The second-order valence-electron chi connectivity index (χ2n) is 8.73. The number of nitrogens with one attached hydrogen (secondary N) is 1. The Morgan fingerprint density at radius 2 is 1.75 bits per heavy atom. The minimum absolute atomic E-state index is 0.0916. The van der Waals surface area contributed by atoms with E-state index in [1.807, 2.05) is 32.0 Å². The molecule has 0 saturated carbocycles. The smallest absolute Gasteiger partial charge is 0.310 e. The van der Waals surface area contributed by atoms with Crippen LogP contribution in [-0.2, 0) is 4.79 Å². The highest BCUT2D eigenvalue weighted by atomic mass is 19.1. The lowest BCUT2D eigenvalue weighted by Crippen LogP contribution is -2.14. The first kappa shape index (κ1) is 24.6. The molecule has 4 rings (SSSR count). The van der Waals surface area contributed by atoms with Crippen LogP contribution in [0, 0.1) is 26.6 Å². The number of phenols is 1. The summed E-state index contributed by atoms with van der Waals surface area (Å²) < 4.78 is 15.8. The van der Waals surface area contributed by atoms with Crippen LogP contribution in [0.3, 0.4) is 0 Å². The molecular weight excluding hydrogens is 463 g/mol. The predicted molar refractivity (Wildman–Crippen MR) is 134 cm³/mol. The Morgan fingerprint density at radius 3 is 2.42 bits per heavy atom. The molecule has 0 saturated heterocycles. The highest BCUT2D eigenvalue weighted by molar-refractivity contribution is 5.78. The third-order valence-corrected chi connectivity index (χ3v) is 6.14. The van der Waals surface area contributed by atoms with E-state index in [4.69, 9.17) is 0 Å². The van der Waals surface area contributed by atoms with Crippen molar-refractivity contribution in [2.45, 2.75) is 33.6 Å². The van der Waals surface area contributed by atoms with Gasteiger partial charge in [-0.3, -0.25) is 14.7 Å². The number of phenolic OH excluding ortho intramolecular Hbond substituents is 1. The fraction of sp³-hybridized carbons (Fsp3) is 0.185. The minimum Gasteiger partial charge on any atom is -0.507 e. The van der Waals surface area contributed by atoms with Gasteiger partial charge in [0.2, 0.25) is 0 Å². The summed E-state index contributed by atoms with van der Waals surface area (Å²) in [5, 5.41) is 30.8. The molecule has 1 heterocycles. The van der Waals surface area contributed by atoms with Crippen LogP contribution in [0.1, 0.15) is 35.2 Å². The average Bonchev–Trinajstić information content (AvgIpc) is 3.11. The second kappa shape index (κ2) is 9.61. The van der Waals surface area contributed by atoms with Gasteiger partial charge in [0, 0.05) is 11.6 Å². The highest BCUT2D eigenvalue weighted by Crippen LogP contribution is 2.35. The molecule has 0 aliphatic rings. The molecule has 1 atom stereocenters. The Labute approximate surface area is 206 Å². The van der Waals surface area contributed by atoms with E-state index in [1.165, 1.54) is 35.9 Å². The van der Waals surface area contributed by atoms with Gasteiger partial charge in [-0.2, -0.15) is 5.11 Å². The molecule has 0 spiro atoms. The van der Waals surface area contributed by atoms with Crippen molar-refractivity contribution in [2.75, 3.05) is 0 Å². The SMILES string of the molecule is Cc1ccc(-n2[nH]c(C)c(N=Nc3cc(F)cc(-c4ccc(C(C)C(=O)O)cc4O)c3)c2=O)cc1C. The topological polar surface area (TPSA) is 120 Å². The van der Waals surface area contributed by atoms with Gasteiger partial charge >= 0.3 is 5.97 Å². The van der Waals surface area contributed by atoms with E-state index >= 15 is 0 Å². The normalized spacial score (nSPS) is 12.2. The van der Waals surface area contributed by atoms with E-state index < -0.39 is 23.3 Å². The van der Waals surface area contributed by atoms with Crippen LogP contribution in [0.25, 0.3) is 16.8 Å². The highest BCUT2D eigenvalue weighted by Gasteiger charge is 2.17. The molecular formula is C27H25FN4O4. The van der Waals surface area contributed by atoms with E-state index in [0.717, 1.165) is 17.2 Å². The second-order valence-corrected chi connectivity index (χ2v) is 8.73. The minimum atomic E-state index is -1.02. The van der Waals surface area contributed by atoms with Crippen LogP contribution in [0.15, 0.2) is 69.6 Å². The van der Waals surface area contributed by atoms with E-state index in [2.05, 4.69) is 15.3 Å². The number of carboxylic acids is 1. The number of aliphatic carboxylic acids is 1. The van der Waals surface area contributed by atoms with Gasteiger partial charge in [0.1, 0.15) is 11.6 Å². The third kappa shape index (κ3) is 4.81. The Kier molecular flexibility index (Phi) is 6.57. The summed E-state index contributed by atoms with van der Waals surface area (Å²) in [7, 11) is 0. The molecule has 4 aromatic rings. The van der Waals surface area contributed by atoms with Crippen molar-refractivity contribution in [3.8, 4) is 22.6 Å². The number of aryl methyl sites for hydroxylation is 3. The number of hydrogen-bond acceptors (Lipinski definition) is 5. The molecule has 0 fully saturated rings. The van der Waals surface area contributed by atoms with E-state index in [-0.39, 0.29) is 17.1 Å². The first-order chi connectivity index (χ1) is 17.0. The van der Waals surface area contributed by atoms with Crippen LogP contribution < -0.4 is 5.56 Å². The summed E-state index contributed by atoms with van der Waals surface area (Å²) in [5.74, 6) is -2.62. The number of aromatic hydroxyl groups is 1. The quantitative estimate of drug-likeness (QED) is 0.280. The molecule has 0 bridgehead atoms. The summed E-state index contributed by atoms with van der Waals surface area (Å²) >= 11 is 0. The van der Waals surface area contributed by atoms with Crippen molar-refractivity contribution in [3.63, 3.8) is 0 Å². The number of hydrogen-bond donors (Lipinski definition) is 3. The number of nitrogens with zero attached hydrogens (tertiary/aromatic N) is 3. The molecule has 1 aromatic heterocycles. The van der Waals surface area contributed by atoms with Crippen LogP contribution in [0.5, 0.6) is 5.75 Å². The van der Waals surface area contributed by atoms with Gasteiger partial charge < -0.3 is 10.2 Å². The average molecular weight is 489 g/mol. The molecule has 8 nitrogen and oxygen atoms in total. The summed E-state index contributed by atoms with van der Waals surface area (Å²) in [6.07, 6.45) is 0. The van der Waals surface area contributed by atoms with Gasteiger partial charge in [-0.05, 0) is 80.3 Å². The lowest BCUT2D eigenvalue weighted by molar-refractivity contribution is -0.138. The molecule has 0 aliphatic carbocycles. The molecule has 0 radical (unpaired) electrons. The van der Waals surface area contributed by atoms with Crippen LogP contribution in [0.4, 0.5) is 15.8 Å². The maximum Gasteiger partial charge on any atom is 0.310 e. The van der Waals surface area contributed by atoms with E-state index in [1.54, 1.807) is 13.0 Å². The Morgan fingerprint density at radius 1 is 1.00 bits per heavy atom. The number of carboxylic acid groups (broad SMARTS) is 1. The van der Waals surface area contributed by atoms with Crippen molar-refractivity contribution < 1.29 is 19.4 Å². The number of halogens is 1. The molecule has 184 valence electrons. The zero-order chi connectivity index (χ0) is 26.1. The molecule has 0 amide bonds. The van der Waals surface area contributed by atoms with Crippen molar-refractivity contribution >= 4 is 17.3 Å². The summed E-state index contributed by atoms with van der Waals surface area (Å²) in [5.41, 5.74) is 4.21. The zero-order valence-electron chi connectivity index (χ0n) is 20.2. The van der Waals surface area contributed by atoms with Gasteiger partial charge in [-0.15, -0.1) is 5.11 Å². The van der Waals surface area contributed by atoms with Crippen molar-refractivity contribution in [2.24, 2.45) is 10.2 Å². The lowest BCUT2D eigenvalue weighted by Gasteiger charge is -2.11. The van der Waals surface area contributed by atoms with Crippen molar-refractivity contribution in [1.29, 1.82) is 0 Å². The fourth-order valence-electron chi connectivity index (χ4n) is 3.80. The largest absolute Gasteiger partial charge is 0.507 e. The summed E-state index contributed by atoms with van der Waals surface area (Å²) in [6, 6.07) is 14.0. The van der Waals surface area contributed by atoms with Gasteiger partial charge in [-0.25, -0.2) is 9.07 Å². The molecule has 36 heavy (non-hydrogen) atoms. The molecule has 9 heteroatoms. The van der Waals surface area contributed by atoms with Gasteiger partial charge in [-0.1, -0.05) is 18.2 Å². The predicted octanol–water partition coefficient (Wildman–Crippen LogP) is 6.21. The van der Waals surface area contributed by atoms with Crippen molar-refractivity contribution in [1.82, 2.24) is 9.78 Å². The first-order valence-electron chi connectivity index (χ1n) is 11.2. The number of H-pyrrole nitrogens is 1. The maximum atomic E-state index is 14.4. The third-order valence-electron chi connectivity index (χ3n) is 6.14. The maximum absolute atomic E-state index is 14.4. The standard InChI is InChI=1S/C27H25FN4O4/c1-14-5-7-22(9-15(14)2)32-26(34)25(17(4)31-32)30-29-21-11-19(10-20(28)13-21)23-8-6-18(12-24(23)33)16(3)27(35)36/h5-13,16,31,33H,1-4H3,(H,35,36). The Hall–Kier alpha value is -4.53. The lowest BCUT2D eigenvalue weighted by atomic mass is 9.96. The fourth-order valence-corrected chi connectivity index (χ4v) is 3.80. The molecule has 0 aliphatic heterocycles. The van der Waals surface area contributed by atoms with E-state index in [0.29, 0.717) is 28.1 Å². The zero-order valence-corrected chi connectivity index (χ0v) is 20.2. The number of azo groups is 1. The van der Waals surface area contributed by atoms with Crippen LogP contribution >= 0.6 is 0 Å². The molecule has 1 unspecified atom stereocenters. The van der Waals surface area contributed by atoms with Gasteiger partial charge in [0.25, 0.3) is 5.56 Å². The first-order valence-corrected chi connectivity index (χ1v) is 11.2. The number of rotatable bonds is 6. The van der Waals surface area contributed by atoms with Gasteiger partial charge in [0.05, 0.1) is 23.0 Å². The van der Waals surface area contributed by atoms with Crippen molar-refractivity contribution in [3.05, 3.63) is 93.2 Å². The Balaban J connectivity index is 1.68. The number of carbonyl (C=O) groups is 1. The van der Waals surface area contributed by atoms with E-state index in [9.17, 15) is 24.2 Å².